The summed E-state index contributed by atoms with van der Waals surface area (Å²) in [6.07, 6.45) is 5.16. The van der Waals surface area contributed by atoms with Crippen LogP contribution >= 0.6 is 11.8 Å². The van der Waals surface area contributed by atoms with E-state index in [1.54, 1.807) is 0 Å². The van der Waals surface area contributed by atoms with E-state index in [0.717, 1.165) is 18.7 Å². The highest BCUT2D eigenvalue weighted by atomic mass is 32.2. The molecular weight excluding hydrogens is 388 g/mol. The van der Waals surface area contributed by atoms with E-state index >= 15 is 0 Å². The van der Waals surface area contributed by atoms with Gasteiger partial charge in [-0.25, -0.2) is 0 Å². The molecule has 0 aliphatic carbocycles. The molecule has 158 valence electrons. The molecule has 2 fully saturated rings. The van der Waals surface area contributed by atoms with E-state index in [1.807, 2.05) is 11.8 Å². The maximum atomic E-state index is 8.68. The van der Waals surface area contributed by atoms with E-state index in [0.29, 0.717) is 24.0 Å². The zero-order valence-corrected chi connectivity index (χ0v) is 19.1. The van der Waals surface area contributed by atoms with Crippen molar-refractivity contribution in [2.45, 2.75) is 67.4 Å². The number of piperidine rings is 1. The van der Waals surface area contributed by atoms with E-state index in [9.17, 15) is 0 Å². The third-order valence-corrected chi connectivity index (χ3v) is 8.47. The van der Waals surface area contributed by atoms with E-state index in [4.69, 9.17) is 5.41 Å². The summed E-state index contributed by atoms with van der Waals surface area (Å²) in [5.41, 5.74) is 3.70. The van der Waals surface area contributed by atoms with Gasteiger partial charge in [0.15, 0.2) is 0 Å². The first-order chi connectivity index (χ1) is 14.6. The Hall–Kier alpha value is -1.98. The molecule has 4 nitrogen and oxygen atoms in total. The van der Waals surface area contributed by atoms with Crippen LogP contribution in [-0.4, -0.2) is 53.9 Å². The van der Waals surface area contributed by atoms with Crippen molar-refractivity contribution >= 4 is 29.0 Å². The van der Waals surface area contributed by atoms with Gasteiger partial charge in [0.1, 0.15) is 5.84 Å². The molecule has 1 N–H and O–H groups in total. The molecule has 3 heterocycles. The average Bonchev–Trinajstić information content (AvgIpc) is 2.98. The lowest BCUT2D eigenvalue weighted by atomic mass is 9.95. The fourth-order valence-electron chi connectivity index (χ4n) is 5.64. The van der Waals surface area contributed by atoms with Gasteiger partial charge in [-0.2, -0.15) is 0 Å². The molecule has 0 saturated carbocycles. The first-order valence-corrected chi connectivity index (χ1v) is 12.2. The molecule has 0 amide bonds. The number of anilines is 2. The summed E-state index contributed by atoms with van der Waals surface area (Å²) in [6.45, 7) is 5.98. The Morgan fingerprint density at radius 2 is 1.63 bits per heavy atom. The fourth-order valence-corrected chi connectivity index (χ4v) is 6.75. The molecule has 3 aliphatic heterocycles. The summed E-state index contributed by atoms with van der Waals surface area (Å²) >= 11 is 1.86. The van der Waals surface area contributed by atoms with Crippen molar-refractivity contribution in [2.24, 2.45) is 0 Å². The summed E-state index contributed by atoms with van der Waals surface area (Å²) in [6, 6.07) is 17.5. The van der Waals surface area contributed by atoms with Crippen molar-refractivity contribution in [3.63, 3.8) is 0 Å². The topological polar surface area (TPSA) is 33.6 Å². The third kappa shape index (κ3) is 3.23. The van der Waals surface area contributed by atoms with Crippen LogP contribution in [-0.2, 0) is 0 Å². The normalized spacial score (nSPS) is 25.0. The zero-order valence-electron chi connectivity index (χ0n) is 18.3. The zero-order chi connectivity index (χ0) is 20.8. The summed E-state index contributed by atoms with van der Waals surface area (Å²) < 4.78 is 0. The minimum Gasteiger partial charge on any atom is -0.357 e. The lowest BCUT2D eigenvalue weighted by molar-refractivity contribution is 0.162. The summed E-state index contributed by atoms with van der Waals surface area (Å²) in [7, 11) is 2.32. The van der Waals surface area contributed by atoms with Gasteiger partial charge in [-0.15, -0.1) is 0 Å². The third-order valence-electron chi connectivity index (χ3n) is 7.36. The first-order valence-electron chi connectivity index (χ1n) is 11.4. The van der Waals surface area contributed by atoms with Gasteiger partial charge in [0.05, 0.1) is 11.4 Å². The molecule has 2 aromatic rings. The monoisotopic (exact) mass is 420 g/mol. The van der Waals surface area contributed by atoms with Gasteiger partial charge < -0.3 is 14.7 Å². The molecule has 0 aromatic heterocycles. The van der Waals surface area contributed by atoms with Crippen LogP contribution in [0, 0.1) is 5.41 Å². The maximum absolute atomic E-state index is 8.68. The minimum absolute atomic E-state index is 0.549. The molecule has 5 heteroatoms. The number of hydrogen-bond acceptors (Lipinski definition) is 4. The second-order valence-corrected chi connectivity index (χ2v) is 9.90. The predicted molar refractivity (Wildman–Crippen MR) is 126 cm³/mol. The van der Waals surface area contributed by atoms with E-state index in [-0.39, 0.29) is 0 Å². The minimum atomic E-state index is 0.549. The highest BCUT2D eigenvalue weighted by Crippen LogP contribution is 2.51. The Morgan fingerprint density at radius 1 is 0.967 bits per heavy atom. The molecule has 2 aromatic carbocycles. The second kappa shape index (κ2) is 7.93. The SMILES string of the molecule is CCN(CC)C(=N)c1ccc2c(c1)Sc1ccccc1N2C1CC2CCC(C1)N2C. The Labute approximate surface area is 184 Å². The van der Waals surface area contributed by atoms with Crippen LogP contribution in [0.5, 0.6) is 0 Å². The lowest BCUT2D eigenvalue weighted by Gasteiger charge is -2.45. The van der Waals surface area contributed by atoms with Crippen LogP contribution in [0.3, 0.4) is 0 Å². The summed E-state index contributed by atoms with van der Waals surface area (Å²) in [5, 5.41) is 8.68. The van der Waals surface area contributed by atoms with Crippen LogP contribution in [0.1, 0.15) is 45.1 Å². The van der Waals surface area contributed by atoms with Gasteiger partial charge in [-0.05, 0) is 76.9 Å². The number of benzene rings is 2. The highest BCUT2D eigenvalue weighted by Gasteiger charge is 2.42. The molecule has 0 radical (unpaired) electrons. The van der Waals surface area contributed by atoms with E-state index in [2.05, 4.69) is 78.1 Å². The van der Waals surface area contributed by atoms with Crippen LogP contribution in [0.25, 0.3) is 0 Å². The molecule has 2 saturated heterocycles. The standard InChI is InChI=1S/C25H32N4S/c1-4-28(5-2)25(26)17-10-13-22-24(14-17)30-23-9-7-6-8-21(23)29(22)20-15-18-11-12-19(16-20)27(18)3/h6-10,13-14,18-20,26H,4-5,11-12,15-16H2,1-3H3. The van der Waals surface area contributed by atoms with E-state index < -0.39 is 0 Å². The number of nitrogens with zero attached hydrogens (tertiary/aromatic N) is 3. The van der Waals surface area contributed by atoms with Crippen LogP contribution < -0.4 is 4.90 Å². The Kier molecular flexibility index (Phi) is 5.28. The molecule has 0 spiro atoms. The smallest absolute Gasteiger partial charge is 0.128 e. The lowest BCUT2D eigenvalue weighted by Crippen LogP contribution is -2.48. The molecule has 30 heavy (non-hydrogen) atoms. The fraction of sp³-hybridized carbons (Fsp3) is 0.480. The first kappa shape index (κ1) is 20.0. The second-order valence-electron chi connectivity index (χ2n) is 8.82. The van der Waals surface area contributed by atoms with Crippen molar-refractivity contribution in [1.82, 2.24) is 9.80 Å². The van der Waals surface area contributed by atoms with Crippen molar-refractivity contribution in [3.8, 4) is 0 Å². The maximum Gasteiger partial charge on any atom is 0.128 e. The number of rotatable bonds is 4. The quantitative estimate of drug-likeness (QED) is 0.517. The van der Waals surface area contributed by atoms with Crippen molar-refractivity contribution in [3.05, 3.63) is 48.0 Å². The Balaban J connectivity index is 1.54. The van der Waals surface area contributed by atoms with Gasteiger partial charge in [0, 0.05) is 46.6 Å². The number of fused-ring (bicyclic) bond motifs is 4. The molecular formula is C25H32N4S. The van der Waals surface area contributed by atoms with Crippen molar-refractivity contribution in [2.75, 3.05) is 25.0 Å². The summed E-state index contributed by atoms with van der Waals surface area (Å²) in [5.74, 6) is 0.631. The van der Waals surface area contributed by atoms with Crippen LogP contribution in [0.2, 0.25) is 0 Å². The van der Waals surface area contributed by atoms with Crippen molar-refractivity contribution < 1.29 is 0 Å². The summed E-state index contributed by atoms with van der Waals surface area (Å²) in [4.78, 5) is 9.99. The molecule has 2 unspecified atom stereocenters. The number of amidine groups is 1. The largest absolute Gasteiger partial charge is 0.357 e. The van der Waals surface area contributed by atoms with E-state index in [1.165, 1.54) is 46.8 Å². The van der Waals surface area contributed by atoms with Gasteiger partial charge in [0.2, 0.25) is 0 Å². The van der Waals surface area contributed by atoms with Crippen LogP contribution in [0.15, 0.2) is 52.3 Å². The number of para-hydroxylation sites is 1. The van der Waals surface area contributed by atoms with Gasteiger partial charge in [-0.3, -0.25) is 5.41 Å². The van der Waals surface area contributed by atoms with Crippen LogP contribution in [0.4, 0.5) is 11.4 Å². The highest BCUT2D eigenvalue weighted by molar-refractivity contribution is 7.99. The van der Waals surface area contributed by atoms with Gasteiger partial charge >= 0.3 is 0 Å². The van der Waals surface area contributed by atoms with Crippen molar-refractivity contribution in [1.29, 1.82) is 5.41 Å². The number of hydrogen-bond donors (Lipinski definition) is 1. The Bertz CT molecular complexity index is 940. The molecule has 3 aliphatic rings. The molecule has 2 bridgehead atoms. The molecule has 5 rings (SSSR count). The van der Waals surface area contributed by atoms with Gasteiger partial charge in [-0.1, -0.05) is 23.9 Å². The van der Waals surface area contributed by atoms with Gasteiger partial charge in [0.25, 0.3) is 0 Å². The predicted octanol–water partition coefficient (Wildman–Crippen LogP) is 5.58. The Morgan fingerprint density at radius 3 is 2.33 bits per heavy atom. The molecule has 2 atom stereocenters. The number of nitrogens with one attached hydrogen (secondary N) is 1. The average molecular weight is 421 g/mol.